The molecule has 78 valence electrons. The summed E-state index contributed by atoms with van der Waals surface area (Å²) in [7, 11) is 0. The van der Waals surface area contributed by atoms with Gasteiger partial charge in [0.05, 0.1) is 6.10 Å². The van der Waals surface area contributed by atoms with Crippen LogP contribution in [0.2, 0.25) is 0 Å². The minimum absolute atomic E-state index is 0.137. The second kappa shape index (κ2) is 8.31. The van der Waals surface area contributed by atoms with E-state index in [0.29, 0.717) is 0 Å². The summed E-state index contributed by atoms with van der Waals surface area (Å²) in [4.78, 5) is 0. The van der Waals surface area contributed by atoms with Crippen LogP contribution in [0.5, 0.6) is 0 Å². The van der Waals surface area contributed by atoms with E-state index < -0.39 is 0 Å². The predicted molar refractivity (Wildman–Crippen MR) is 58.8 cm³/mol. The number of hydrogen-bond donors (Lipinski definition) is 1. The van der Waals surface area contributed by atoms with Gasteiger partial charge in [0.1, 0.15) is 0 Å². The van der Waals surface area contributed by atoms with Crippen LogP contribution in [0.1, 0.15) is 59.3 Å². The molecule has 0 aromatic rings. The molecule has 13 heavy (non-hydrogen) atoms. The second-order valence-electron chi connectivity index (χ2n) is 3.81. The molecule has 0 aliphatic rings. The highest BCUT2D eigenvalue weighted by Gasteiger charge is 2.00. The summed E-state index contributed by atoms with van der Waals surface area (Å²) in [5.41, 5.74) is 1.34. The van der Waals surface area contributed by atoms with Gasteiger partial charge < -0.3 is 5.11 Å². The predicted octanol–water partition coefficient (Wildman–Crippen LogP) is 3.67. The smallest absolute Gasteiger partial charge is 0.0574 e. The average molecular weight is 184 g/mol. The van der Waals surface area contributed by atoms with Crippen LogP contribution in [0.15, 0.2) is 11.6 Å². The topological polar surface area (TPSA) is 20.2 Å². The van der Waals surface area contributed by atoms with Crippen molar-refractivity contribution >= 4 is 0 Å². The molecular weight excluding hydrogens is 160 g/mol. The molecule has 1 unspecified atom stereocenters. The Labute approximate surface area is 82.9 Å². The number of aliphatic hydroxyl groups excluding tert-OH is 1. The lowest BCUT2D eigenvalue weighted by Gasteiger charge is -2.07. The Balaban J connectivity index is 3.50. The van der Waals surface area contributed by atoms with Gasteiger partial charge in [0.2, 0.25) is 0 Å². The van der Waals surface area contributed by atoms with Crippen LogP contribution in [-0.4, -0.2) is 11.2 Å². The Morgan fingerprint density at radius 3 is 2.54 bits per heavy atom. The van der Waals surface area contributed by atoms with Crippen molar-refractivity contribution in [1.82, 2.24) is 0 Å². The van der Waals surface area contributed by atoms with Gasteiger partial charge in [-0.25, -0.2) is 0 Å². The van der Waals surface area contributed by atoms with Crippen molar-refractivity contribution in [1.29, 1.82) is 0 Å². The van der Waals surface area contributed by atoms with Crippen molar-refractivity contribution < 1.29 is 5.11 Å². The summed E-state index contributed by atoms with van der Waals surface area (Å²) in [5, 5.41) is 9.39. The van der Waals surface area contributed by atoms with Gasteiger partial charge in [0, 0.05) is 0 Å². The zero-order valence-electron chi connectivity index (χ0n) is 9.34. The molecule has 0 bridgehead atoms. The van der Waals surface area contributed by atoms with E-state index in [1.54, 1.807) is 0 Å². The Morgan fingerprint density at radius 2 is 2.00 bits per heavy atom. The van der Waals surface area contributed by atoms with E-state index in [-0.39, 0.29) is 6.10 Å². The number of rotatable bonds is 7. The normalized spacial score (nSPS) is 14.6. The van der Waals surface area contributed by atoms with E-state index >= 15 is 0 Å². The van der Waals surface area contributed by atoms with Gasteiger partial charge in [-0.2, -0.15) is 0 Å². The molecule has 0 aromatic heterocycles. The average Bonchev–Trinajstić information content (AvgIpc) is 2.12. The van der Waals surface area contributed by atoms with Gasteiger partial charge in [-0.15, -0.1) is 0 Å². The Kier molecular flexibility index (Phi) is 8.11. The quantitative estimate of drug-likeness (QED) is 0.473. The fraction of sp³-hybridized carbons (Fsp3) is 0.833. The highest BCUT2D eigenvalue weighted by Crippen LogP contribution is 2.10. The van der Waals surface area contributed by atoms with Crippen LogP contribution in [0.3, 0.4) is 0 Å². The van der Waals surface area contributed by atoms with Crippen LogP contribution < -0.4 is 0 Å². The van der Waals surface area contributed by atoms with Crippen LogP contribution in [0, 0.1) is 0 Å². The molecule has 1 heteroatoms. The van der Waals surface area contributed by atoms with Gasteiger partial charge in [-0.3, -0.25) is 0 Å². The summed E-state index contributed by atoms with van der Waals surface area (Å²) in [6.45, 7) is 6.36. The highest BCUT2D eigenvalue weighted by molar-refractivity contribution is 4.99. The third-order valence-corrected chi connectivity index (χ3v) is 2.33. The number of unbranched alkanes of at least 4 members (excludes halogenated alkanes) is 3. The van der Waals surface area contributed by atoms with Crippen LogP contribution in [0.4, 0.5) is 0 Å². The highest BCUT2D eigenvalue weighted by atomic mass is 16.3. The zero-order chi connectivity index (χ0) is 10.1. The SMILES string of the molecule is CCCCC/C=C(/C)CC(O)CC. The molecule has 1 nitrogen and oxygen atoms in total. The van der Waals surface area contributed by atoms with E-state index in [9.17, 15) is 5.11 Å². The third-order valence-electron chi connectivity index (χ3n) is 2.33. The third kappa shape index (κ3) is 8.04. The summed E-state index contributed by atoms with van der Waals surface area (Å²) >= 11 is 0. The van der Waals surface area contributed by atoms with Gasteiger partial charge in [-0.1, -0.05) is 38.3 Å². The first-order valence-electron chi connectivity index (χ1n) is 5.54. The molecule has 1 N–H and O–H groups in total. The number of aliphatic hydroxyl groups is 1. The summed E-state index contributed by atoms with van der Waals surface area (Å²) < 4.78 is 0. The van der Waals surface area contributed by atoms with Crippen LogP contribution in [-0.2, 0) is 0 Å². The molecule has 0 spiro atoms. The van der Waals surface area contributed by atoms with Crippen molar-refractivity contribution in [3.8, 4) is 0 Å². The van der Waals surface area contributed by atoms with Gasteiger partial charge >= 0.3 is 0 Å². The maximum atomic E-state index is 9.39. The summed E-state index contributed by atoms with van der Waals surface area (Å²) in [5.74, 6) is 0. The standard InChI is InChI=1S/C12H24O/c1-4-6-7-8-9-11(3)10-12(13)5-2/h9,12-13H,4-8,10H2,1-3H3/b11-9-. The first-order chi connectivity index (χ1) is 6.20. The van der Waals surface area contributed by atoms with Crippen molar-refractivity contribution in [2.45, 2.75) is 65.4 Å². The van der Waals surface area contributed by atoms with E-state index in [0.717, 1.165) is 12.8 Å². The van der Waals surface area contributed by atoms with E-state index in [1.165, 1.54) is 31.3 Å². The van der Waals surface area contributed by atoms with Gasteiger partial charge in [0.25, 0.3) is 0 Å². The van der Waals surface area contributed by atoms with Gasteiger partial charge in [0.15, 0.2) is 0 Å². The number of allylic oxidation sites excluding steroid dienone is 1. The largest absolute Gasteiger partial charge is 0.393 e. The van der Waals surface area contributed by atoms with Crippen molar-refractivity contribution in [3.63, 3.8) is 0 Å². The van der Waals surface area contributed by atoms with Crippen LogP contribution in [0.25, 0.3) is 0 Å². The van der Waals surface area contributed by atoms with E-state index in [4.69, 9.17) is 0 Å². The minimum atomic E-state index is -0.137. The van der Waals surface area contributed by atoms with Crippen molar-refractivity contribution in [2.24, 2.45) is 0 Å². The fourth-order valence-electron chi connectivity index (χ4n) is 1.34. The maximum absolute atomic E-state index is 9.39. The van der Waals surface area contributed by atoms with Crippen molar-refractivity contribution in [2.75, 3.05) is 0 Å². The molecule has 0 heterocycles. The van der Waals surface area contributed by atoms with Crippen LogP contribution >= 0.6 is 0 Å². The Bertz CT molecular complexity index is 138. The molecule has 0 amide bonds. The second-order valence-corrected chi connectivity index (χ2v) is 3.81. The lowest BCUT2D eigenvalue weighted by atomic mass is 10.1. The Morgan fingerprint density at radius 1 is 1.31 bits per heavy atom. The molecular formula is C12H24O. The van der Waals surface area contributed by atoms with Gasteiger partial charge in [-0.05, 0) is 32.6 Å². The lowest BCUT2D eigenvalue weighted by Crippen LogP contribution is -2.04. The summed E-state index contributed by atoms with van der Waals surface area (Å²) in [6, 6.07) is 0. The summed E-state index contributed by atoms with van der Waals surface area (Å²) in [6.07, 6.45) is 8.91. The Hall–Kier alpha value is -0.300. The zero-order valence-corrected chi connectivity index (χ0v) is 9.34. The molecule has 0 aliphatic heterocycles. The molecule has 0 fully saturated rings. The first kappa shape index (κ1) is 12.7. The van der Waals surface area contributed by atoms with E-state index in [2.05, 4.69) is 19.9 Å². The molecule has 0 saturated heterocycles. The van der Waals surface area contributed by atoms with Crippen molar-refractivity contribution in [3.05, 3.63) is 11.6 Å². The minimum Gasteiger partial charge on any atom is -0.393 e. The first-order valence-corrected chi connectivity index (χ1v) is 5.54. The fourth-order valence-corrected chi connectivity index (χ4v) is 1.34. The molecule has 0 rings (SSSR count). The number of hydrogen-bond acceptors (Lipinski definition) is 1. The molecule has 1 atom stereocenters. The monoisotopic (exact) mass is 184 g/mol. The maximum Gasteiger partial charge on any atom is 0.0574 e. The molecule has 0 aliphatic carbocycles. The molecule has 0 radical (unpaired) electrons. The molecule has 0 saturated carbocycles. The molecule has 0 aromatic carbocycles. The van der Waals surface area contributed by atoms with E-state index in [1.807, 2.05) is 6.92 Å². The lowest BCUT2D eigenvalue weighted by molar-refractivity contribution is 0.170.